The van der Waals surface area contributed by atoms with Crippen molar-refractivity contribution in [1.82, 2.24) is 5.32 Å². The highest BCUT2D eigenvalue weighted by Gasteiger charge is 2.44. The lowest BCUT2D eigenvalue weighted by atomic mass is 10.1. The number of fused-ring (bicyclic) bond motifs is 1. The summed E-state index contributed by atoms with van der Waals surface area (Å²) in [4.78, 5) is 0. The minimum atomic E-state index is 0.582. The van der Waals surface area contributed by atoms with Gasteiger partial charge in [0.15, 0.2) is 0 Å². The molecule has 1 saturated carbocycles. The van der Waals surface area contributed by atoms with E-state index < -0.39 is 0 Å². The molecule has 3 rings (SSSR count). The maximum Gasteiger partial charge on any atom is 0.122 e. The third kappa shape index (κ3) is 2.32. The Balaban J connectivity index is 1.52. The summed E-state index contributed by atoms with van der Waals surface area (Å²) >= 11 is 0. The minimum Gasteiger partial charge on any atom is -0.493 e. The van der Waals surface area contributed by atoms with Crippen LogP contribution in [0.1, 0.15) is 31.4 Å². The number of nitrogens with one attached hydrogen (secondary N) is 1. The molecular formula is C15H21NO. The van der Waals surface area contributed by atoms with Gasteiger partial charge in [-0.05, 0) is 41.5 Å². The van der Waals surface area contributed by atoms with Gasteiger partial charge in [-0.25, -0.2) is 0 Å². The van der Waals surface area contributed by atoms with E-state index in [0.717, 1.165) is 37.8 Å². The van der Waals surface area contributed by atoms with Crippen molar-refractivity contribution >= 4 is 0 Å². The summed E-state index contributed by atoms with van der Waals surface area (Å²) in [7, 11) is 0. The largest absolute Gasteiger partial charge is 0.493 e. The number of benzene rings is 1. The molecule has 1 aliphatic heterocycles. The first-order valence-electron chi connectivity index (χ1n) is 6.60. The van der Waals surface area contributed by atoms with E-state index in [1.807, 2.05) is 0 Å². The Morgan fingerprint density at radius 1 is 1.41 bits per heavy atom. The van der Waals surface area contributed by atoms with Gasteiger partial charge in [0, 0.05) is 13.0 Å². The molecule has 92 valence electrons. The van der Waals surface area contributed by atoms with Crippen LogP contribution in [0.25, 0.3) is 0 Å². The molecule has 0 radical (unpaired) electrons. The molecule has 2 heteroatoms. The van der Waals surface area contributed by atoms with Crippen molar-refractivity contribution < 1.29 is 4.74 Å². The number of rotatable bonds is 4. The van der Waals surface area contributed by atoms with Gasteiger partial charge in [0.2, 0.25) is 0 Å². The van der Waals surface area contributed by atoms with Crippen LogP contribution in [-0.4, -0.2) is 13.2 Å². The van der Waals surface area contributed by atoms with E-state index in [9.17, 15) is 0 Å². The molecule has 2 aliphatic rings. The minimum absolute atomic E-state index is 0.582. The molecule has 1 heterocycles. The molecule has 1 fully saturated rings. The molecule has 0 spiro atoms. The van der Waals surface area contributed by atoms with Gasteiger partial charge >= 0.3 is 0 Å². The summed E-state index contributed by atoms with van der Waals surface area (Å²) in [5.41, 5.74) is 3.34. The van der Waals surface area contributed by atoms with Gasteiger partial charge in [0.05, 0.1) is 6.61 Å². The van der Waals surface area contributed by atoms with Crippen LogP contribution in [0.3, 0.4) is 0 Å². The lowest BCUT2D eigenvalue weighted by Crippen LogP contribution is -2.18. The fraction of sp³-hybridized carbons (Fsp3) is 0.600. The summed E-state index contributed by atoms with van der Waals surface area (Å²) in [5.74, 6) is 1.96. The zero-order valence-corrected chi connectivity index (χ0v) is 10.8. The summed E-state index contributed by atoms with van der Waals surface area (Å²) < 4.78 is 5.51. The van der Waals surface area contributed by atoms with Gasteiger partial charge in [-0.3, -0.25) is 0 Å². The molecule has 17 heavy (non-hydrogen) atoms. The predicted octanol–water partition coefficient (Wildman–Crippen LogP) is 2.76. The van der Waals surface area contributed by atoms with Crippen molar-refractivity contribution in [3.8, 4) is 5.75 Å². The molecule has 1 atom stereocenters. The quantitative estimate of drug-likeness (QED) is 0.860. The molecular weight excluding hydrogens is 210 g/mol. The van der Waals surface area contributed by atoms with E-state index in [4.69, 9.17) is 4.74 Å². The lowest BCUT2D eigenvalue weighted by molar-refractivity contribution is 0.357. The summed E-state index contributed by atoms with van der Waals surface area (Å²) in [6.45, 7) is 7.70. The molecule has 1 aromatic carbocycles. The third-order valence-electron chi connectivity index (χ3n) is 4.19. The summed E-state index contributed by atoms with van der Waals surface area (Å²) in [5, 5.41) is 3.57. The third-order valence-corrected chi connectivity index (χ3v) is 4.19. The topological polar surface area (TPSA) is 21.3 Å². The Morgan fingerprint density at radius 3 is 3.00 bits per heavy atom. The van der Waals surface area contributed by atoms with Crippen molar-refractivity contribution in [3.63, 3.8) is 0 Å². The van der Waals surface area contributed by atoms with E-state index in [2.05, 4.69) is 37.4 Å². The van der Waals surface area contributed by atoms with E-state index in [-0.39, 0.29) is 0 Å². The Morgan fingerprint density at radius 2 is 2.24 bits per heavy atom. The van der Waals surface area contributed by atoms with Gasteiger partial charge in [0.1, 0.15) is 5.75 Å². The van der Waals surface area contributed by atoms with Gasteiger partial charge < -0.3 is 10.1 Å². The predicted molar refractivity (Wildman–Crippen MR) is 69.2 cm³/mol. The van der Waals surface area contributed by atoms with Crippen molar-refractivity contribution in [2.24, 2.45) is 11.3 Å². The smallest absolute Gasteiger partial charge is 0.122 e. The standard InChI is InChI=1S/C15H21NO/c1-15(2)8-13(15)10-16-9-11-3-4-14-12(7-11)5-6-17-14/h3-4,7,13,16H,5-6,8-10H2,1-2H3. The molecule has 2 nitrogen and oxygen atoms in total. The highest BCUT2D eigenvalue weighted by atomic mass is 16.5. The normalized spacial score (nSPS) is 24.2. The van der Waals surface area contributed by atoms with E-state index in [1.54, 1.807) is 0 Å². The van der Waals surface area contributed by atoms with Crippen LogP contribution in [0.5, 0.6) is 5.75 Å². The molecule has 1 unspecified atom stereocenters. The van der Waals surface area contributed by atoms with Crippen molar-refractivity contribution in [2.45, 2.75) is 33.2 Å². The van der Waals surface area contributed by atoms with Crippen LogP contribution in [0.15, 0.2) is 18.2 Å². The van der Waals surface area contributed by atoms with Crippen LogP contribution in [-0.2, 0) is 13.0 Å². The number of hydrogen-bond donors (Lipinski definition) is 1. The molecule has 1 N–H and O–H groups in total. The van der Waals surface area contributed by atoms with Crippen LogP contribution in [0.2, 0.25) is 0 Å². The maximum atomic E-state index is 5.51. The van der Waals surface area contributed by atoms with Crippen molar-refractivity contribution in [1.29, 1.82) is 0 Å². The second-order valence-corrected chi connectivity index (χ2v) is 6.06. The van der Waals surface area contributed by atoms with Gasteiger partial charge in [-0.2, -0.15) is 0 Å². The van der Waals surface area contributed by atoms with Crippen molar-refractivity contribution in [3.05, 3.63) is 29.3 Å². The summed E-state index contributed by atoms with van der Waals surface area (Å²) in [6.07, 6.45) is 2.44. The average molecular weight is 231 g/mol. The maximum absolute atomic E-state index is 5.51. The zero-order valence-electron chi connectivity index (χ0n) is 10.8. The van der Waals surface area contributed by atoms with Crippen LogP contribution in [0, 0.1) is 11.3 Å². The van der Waals surface area contributed by atoms with E-state index in [1.165, 1.54) is 17.5 Å². The highest BCUT2D eigenvalue weighted by Crippen LogP contribution is 2.50. The average Bonchev–Trinajstić information content (AvgIpc) is 2.74. The van der Waals surface area contributed by atoms with E-state index in [0.29, 0.717) is 5.41 Å². The van der Waals surface area contributed by atoms with Crippen LogP contribution < -0.4 is 10.1 Å². The highest BCUT2D eigenvalue weighted by molar-refractivity contribution is 5.39. The summed E-state index contributed by atoms with van der Waals surface area (Å²) in [6, 6.07) is 6.57. The fourth-order valence-corrected chi connectivity index (χ4v) is 2.67. The Labute approximate surface area is 103 Å². The first-order valence-corrected chi connectivity index (χ1v) is 6.60. The Bertz CT molecular complexity index is 425. The van der Waals surface area contributed by atoms with Gasteiger partial charge in [-0.1, -0.05) is 26.0 Å². The fourth-order valence-electron chi connectivity index (χ4n) is 2.67. The molecule has 0 saturated heterocycles. The SMILES string of the molecule is CC1(C)CC1CNCc1ccc2c(c1)CCO2. The molecule has 1 aliphatic carbocycles. The van der Waals surface area contributed by atoms with Crippen LogP contribution >= 0.6 is 0 Å². The Hall–Kier alpha value is -1.02. The molecule has 0 bridgehead atoms. The Kier molecular flexibility index (Phi) is 2.62. The first kappa shape index (κ1) is 11.1. The second-order valence-electron chi connectivity index (χ2n) is 6.06. The number of hydrogen-bond acceptors (Lipinski definition) is 2. The lowest BCUT2D eigenvalue weighted by Gasteiger charge is -2.07. The second kappa shape index (κ2) is 4.02. The van der Waals surface area contributed by atoms with Gasteiger partial charge in [-0.15, -0.1) is 0 Å². The molecule has 0 aromatic heterocycles. The van der Waals surface area contributed by atoms with Crippen LogP contribution in [0.4, 0.5) is 0 Å². The van der Waals surface area contributed by atoms with Gasteiger partial charge in [0.25, 0.3) is 0 Å². The monoisotopic (exact) mass is 231 g/mol. The first-order chi connectivity index (χ1) is 8.15. The number of ether oxygens (including phenoxy) is 1. The molecule has 1 aromatic rings. The van der Waals surface area contributed by atoms with E-state index >= 15 is 0 Å². The molecule has 0 amide bonds. The zero-order chi connectivity index (χ0) is 11.9. The van der Waals surface area contributed by atoms with Crippen molar-refractivity contribution in [2.75, 3.05) is 13.2 Å².